The molecule has 0 aliphatic carbocycles. The molecule has 0 aromatic carbocycles. The molecule has 7 heavy (non-hydrogen) atoms. The monoisotopic (exact) mass is 116 g/mol. The van der Waals surface area contributed by atoms with Gasteiger partial charge >= 0.3 is 0 Å². The molecule has 2 N–H and O–H groups in total. The summed E-state index contributed by atoms with van der Waals surface area (Å²) >= 11 is 3.76. The highest BCUT2D eigenvalue weighted by Crippen LogP contribution is 1.86. The predicted octanol–water partition coefficient (Wildman–Crippen LogP) is 0.764. The van der Waals surface area contributed by atoms with Crippen molar-refractivity contribution in [2.24, 2.45) is 10.7 Å². The highest BCUT2D eigenvalue weighted by atomic mass is 32.1. The molecule has 0 atom stereocenters. The molecule has 0 heterocycles. The van der Waals surface area contributed by atoms with Crippen molar-refractivity contribution in [3.8, 4) is 0 Å². The number of rotatable bonds is 1. The normalized spacial score (nSPS) is 13.1. The molecule has 0 radical (unpaired) electrons. The predicted molar refractivity (Wildman–Crippen MR) is 35.4 cm³/mol. The molecule has 0 saturated carbocycles. The third kappa shape index (κ3) is 5.56. The Kier molecular flexibility index (Phi) is 3.50. The topological polar surface area (TPSA) is 38.4 Å². The molecule has 0 spiro atoms. The summed E-state index contributed by atoms with van der Waals surface area (Å²) in [6, 6.07) is 0. The summed E-state index contributed by atoms with van der Waals surface area (Å²) in [5.74, 6) is 0. The summed E-state index contributed by atoms with van der Waals surface area (Å²) in [4.78, 5) is 3.68. The number of hydrogen-bond acceptors (Lipinski definition) is 3. The van der Waals surface area contributed by atoms with Crippen molar-refractivity contribution in [1.29, 1.82) is 0 Å². The van der Waals surface area contributed by atoms with Crippen molar-refractivity contribution >= 4 is 18.8 Å². The Morgan fingerprint density at radius 2 is 2.43 bits per heavy atom. The third-order valence-electron chi connectivity index (χ3n) is 0.356. The van der Waals surface area contributed by atoms with Crippen LogP contribution >= 0.6 is 12.6 Å². The third-order valence-corrected chi connectivity index (χ3v) is 0.471. The summed E-state index contributed by atoms with van der Waals surface area (Å²) < 4.78 is 0. The highest BCUT2D eigenvalue weighted by molar-refractivity contribution is 7.84. The fraction of sp³-hybridized carbons (Fsp3) is 0.250. The van der Waals surface area contributed by atoms with E-state index < -0.39 is 0 Å². The standard InChI is InChI=1S/C4H8N2S/c1-2-6-3-4(5)7/h2-3,7H,5H2,1H3/b4-3-,6-2?. The van der Waals surface area contributed by atoms with E-state index in [-0.39, 0.29) is 0 Å². The summed E-state index contributed by atoms with van der Waals surface area (Å²) in [6.07, 6.45) is 3.12. The molecule has 0 bridgehead atoms. The quantitative estimate of drug-likeness (QED) is 0.385. The van der Waals surface area contributed by atoms with E-state index in [0.29, 0.717) is 5.03 Å². The number of nitrogens with zero attached hydrogens (tertiary/aromatic N) is 1. The lowest BCUT2D eigenvalue weighted by atomic mass is 10.8. The van der Waals surface area contributed by atoms with Crippen LogP contribution in [0.3, 0.4) is 0 Å². The van der Waals surface area contributed by atoms with Gasteiger partial charge < -0.3 is 5.73 Å². The minimum Gasteiger partial charge on any atom is -0.392 e. The van der Waals surface area contributed by atoms with Crippen LogP contribution < -0.4 is 5.73 Å². The van der Waals surface area contributed by atoms with Gasteiger partial charge in [0.1, 0.15) is 0 Å². The lowest BCUT2D eigenvalue weighted by molar-refractivity contribution is 1.46. The molecule has 3 heteroatoms. The number of hydrogen-bond donors (Lipinski definition) is 2. The van der Waals surface area contributed by atoms with Gasteiger partial charge in [0, 0.05) is 6.21 Å². The van der Waals surface area contributed by atoms with E-state index in [1.807, 2.05) is 6.92 Å². The molecular formula is C4H8N2S. The Hall–Kier alpha value is -0.440. The Bertz CT molecular complexity index is 91.9. The molecule has 0 saturated heterocycles. The molecule has 0 aromatic heterocycles. The summed E-state index contributed by atoms with van der Waals surface area (Å²) in [7, 11) is 0. The molecule has 40 valence electrons. The first-order chi connectivity index (χ1) is 3.27. The van der Waals surface area contributed by atoms with Crippen LogP contribution in [0.2, 0.25) is 0 Å². The number of nitrogens with two attached hydrogens (primary N) is 1. The molecule has 0 amide bonds. The lowest BCUT2D eigenvalue weighted by Gasteiger charge is -1.78. The molecule has 0 aromatic rings. The molecule has 0 aliphatic heterocycles. The first-order valence-corrected chi connectivity index (χ1v) is 2.34. The second kappa shape index (κ2) is 3.74. The Morgan fingerprint density at radius 1 is 1.86 bits per heavy atom. The van der Waals surface area contributed by atoms with E-state index in [2.05, 4.69) is 17.6 Å². The van der Waals surface area contributed by atoms with E-state index >= 15 is 0 Å². The van der Waals surface area contributed by atoms with Crippen molar-refractivity contribution in [2.75, 3.05) is 0 Å². The number of thiol groups is 1. The van der Waals surface area contributed by atoms with Gasteiger partial charge in [-0.15, -0.1) is 12.6 Å². The zero-order valence-electron chi connectivity index (χ0n) is 4.13. The van der Waals surface area contributed by atoms with Crippen LogP contribution in [0.15, 0.2) is 16.2 Å². The van der Waals surface area contributed by atoms with Crippen molar-refractivity contribution < 1.29 is 0 Å². The molecule has 0 fully saturated rings. The first-order valence-electron chi connectivity index (χ1n) is 1.89. The van der Waals surface area contributed by atoms with Crippen LogP contribution in [0.25, 0.3) is 0 Å². The Balaban J connectivity index is 3.46. The van der Waals surface area contributed by atoms with E-state index in [1.165, 1.54) is 6.20 Å². The zero-order valence-corrected chi connectivity index (χ0v) is 5.02. The van der Waals surface area contributed by atoms with Gasteiger partial charge in [0.25, 0.3) is 0 Å². The van der Waals surface area contributed by atoms with Crippen molar-refractivity contribution in [3.05, 3.63) is 11.2 Å². The van der Waals surface area contributed by atoms with Crippen molar-refractivity contribution in [3.63, 3.8) is 0 Å². The molecule has 0 aliphatic rings. The summed E-state index contributed by atoms with van der Waals surface area (Å²) in [5, 5.41) is 0.429. The van der Waals surface area contributed by atoms with Gasteiger partial charge in [-0.3, -0.25) is 4.99 Å². The summed E-state index contributed by atoms with van der Waals surface area (Å²) in [6.45, 7) is 1.81. The minimum atomic E-state index is 0.429. The Morgan fingerprint density at radius 3 is 2.57 bits per heavy atom. The van der Waals surface area contributed by atoms with Gasteiger partial charge in [0.05, 0.1) is 11.2 Å². The van der Waals surface area contributed by atoms with E-state index in [1.54, 1.807) is 6.21 Å². The van der Waals surface area contributed by atoms with Crippen LogP contribution in [0.1, 0.15) is 6.92 Å². The molecular weight excluding hydrogens is 108 g/mol. The van der Waals surface area contributed by atoms with Crippen LogP contribution in [0, 0.1) is 0 Å². The summed E-state index contributed by atoms with van der Waals surface area (Å²) in [5.41, 5.74) is 5.09. The van der Waals surface area contributed by atoms with Gasteiger partial charge in [-0.25, -0.2) is 0 Å². The van der Waals surface area contributed by atoms with Crippen LogP contribution in [-0.2, 0) is 0 Å². The first kappa shape index (κ1) is 6.56. The second-order valence-corrected chi connectivity index (χ2v) is 1.48. The van der Waals surface area contributed by atoms with Crippen LogP contribution in [-0.4, -0.2) is 6.21 Å². The molecule has 0 unspecified atom stereocenters. The van der Waals surface area contributed by atoms with Gasteiger partial charge in [0.15, 0.2) is 0 Å². The van der Waals surface area contributed by atoms with Gasteiger partial charge in [-0.2, -0.15) is 0 Å². The lowest BCUT2D eigenvalue weighted by Crippen LogP contribution is -1.84. The van der Waals surface area contributed by atoms with Gasteiger partial charge in [-0.05, 0) is 6.92 Å². The maximum absolute atomic E-state index is 5.09. The average Bonchev–Trinajstić information content (AvgIpc) is 1.61. The van der Waals surface area contributed by atoms with Gasteiger partial charge in [-0.1, -0.05) is 0 Å². The average molecular weight is 116 g/mol. The van der Waals surface area contributed by atoms with E-state index in [9.17, 15) is 0 Å². The van der Waals surface area contributed by atoms with E-state index in [0.717, 1.165) is 0 Å². The zero-order chi connectivity index (χ0) is 5.70. The smallest absolute Gasteiger partial charge is 0.0810 e. The number of aliphatic imine (C=N–C) groups is 1. The highest BCUT2D eigenvalue weighted by Gasteiger charge is 1.67. The maximum atomic E-state index is 5.09. The second-order valence-electron chi connectivity index (χ2n) is 0.961. The van der Waals surface area contributed by atoms with Crippen molar-refractivity contribution in [2.45, 2.75) is 6.92 Å². The molecule has 0 rings (SSSR count). The largest absolute Gasteiger partial charge is 0.392 e. The van der Waals surface area contributed by atoms with Crippen LogP contribution in [0.5, 0.6) is 0 Å². The SMILES string of the molecule is CC=N/C=C(/N)S. The van der Waals surface area contributed by atoms with Crippen LogP contribution in [0.4, 0.5) is 0 Å². The fourth-order valence-corrected chi connectivity index (χ4v) is 0.218. The van der Waals surface area contributed by atoms with Gasteiger partial charge in [0.2, 0.25) is 0 Å². The van der Waals surface area contributed by atoms with Crippen molar-refractivity contribution in [1.82, 2.24) is 0 Å². The minimum absolute atomic E-state index is 0.429. The fourth-order valence-electron chi connectivity index (χ4n) is 0.151. The van der Waals surface area contributed by atoms with E-state index in [4.69, 9.17) is 5.73 Å². The molecule has 2 nitrogen and oxygen atoms in total. The maximum Gasteiger partial charge on any atom is 0.0810 e. The Labute approximate surface area is 48.5 Å².